The minimum atomic E-state index is -1.28. The summed E-state index contributed by atoms with van der Waals surface area (Å²) in [5.74, 6) is -1.94. The van der Waals surface area contributed by atoms with Gasteiger partial charge in [-0.2, -0.15) is 0 Å². The molecule has 1 aromatic carbocycles. The number of benzene rings is 1. The first-order valence-electron chi connectivity index (χ1n) is 9.54. The summed E-state index contributed by atoms with van der Waals surface area (Å²) >= 11 is 6.21. The van der Waals surface area contributed by atoms with E-state index < -0.39 is 17.4 Å². The smallest absolute Gasteiger partial charge is 0.250 e. The van der Waals surface area contributed by atoms with Gasteiger partial charge in [0.05, 0.1) is 25.0 Å². The van der Waals surface area contributed by atoms with E-state index in [4.69, 9.17) is 16.3 Å². The highest BCUT2D eigenvalue weighted by Gasteiger charge is 2.70. The molecule has 28 heavy (non-hydrogen) atoms. The molecule has 4 atom stereocenters. The fraction of sp³-hybridized carbons (Fsp3) is 0.550. The Morgan fingerprint density at radius 3 is 2.68 bits per heavy atom. The molecule has 4 rings (SSSR count). The number of carbonyl (C=O) groups is 3. The number of rotatable bonds is 5. The number of hydrogen-bond acceptors (Lipinski definition) is 5. The summed E-state index contributed by atoms with van der Waals surface area (Å²) in [4.78, 5) is 40.9. The fourth-order valence-corrected chi connectivity index (χ4v) is 5.12. The predicted octanol–water partition coefficient (Wildman–Crippen LogP) is 1.75. The Bertz CT molecular complexity index is 858. The second kappa shape index (κ2) is 6.83. The number of fused-ring (bicyclic) bond motifs is 4. The highest BCUT2D eigenvalue weighted by molar-refractivity contribution is 6.31. The summed E-state index contributed by atoms with van der Waals surface area (Å²) < 4.78 is 5.07. The maximum Gasteiger partial charge on any atom is 0.250 e. The van der Waals surface area contributed by atoms with Crippen molar-refractivity contribution >= 4 is 35.0 Å². The Morgan fingerprint density at radius 1 is 1.25 bits per heavy atom. The minimum absolute atomic E-state index is 0.190. The number of likely N-dealkylation sites (tertiary alicyclic amines) is 1. The standard InChI is InChI=1S/C20H24ClN3O4/c1-10(2)8-14-15-16(18(26)24(17(15)25)6-7-28-3)20(23-14)12-9-11(21)4-5-13(12)22-19(20)27/h4-5,9-10,14-16,23H,6-8H2,1-3H3,(H,22,27)/t14?,15-,16+,20?/m0/s1. The average molecular weight is 406 g/mol. The third-order valence-corrected chi connectivity index (χ3v) is 6.25. The van der Waals surface area contributed by atoms with Gasteiger partial charge in [0.1, 0.15) is 5.54 Å². The lowest BCUT2D eigenvalue weighted by molar-refractivity contribution is -0.143. The summed E-state index contributed by atoms with van der Waals surface area (Å²) in [5.41, 5.74) is -0.0126. The number of ether oxygens (including phenoxy) is 1. The molecule has 0 saturated carbocycles. The van der Waals surface area contributed by atoms with E-state index in [9.17, 15) is 14.4 Å². The molecule has 3 amide bonds. The molecule has 1 aromatic rings. The first-order chi connectivity index (χ1) is 13.3. The average Bonchev–Trinajstić information content (AvgIpc) is 3.19. The van der Waals surface area contributed by atoms with Crippen LogP contribution < -0.4 is 10.6 Å². The molecule has 2 fully saturated rings. The van der Waals surface area contributed by atoms with Crippen LogP contribution >= 0.6 is 11.6 Å². The third-order valence-electron chi connectivity index (χ3n) is 6.01. The van der Waals surface area contributed by atoms with Crippen LogP contribution in [0, 0.1) is 17.8 Å². The van der Waals surface area contributed by atoms with Crippen molar-refractivity contribution in [1.29, 1.82) is 0 Å². The van der Waals surface area contributed by atoms with Crippen LogP contribution in [0.5, 0.6) is 0 Å². The molecule has 150 valence electrons. The molecule has 3 heterocycles. The van der Waals surface area contributed by atoms with E-state index in [1.807, 2.05) is 0 Å². The zero-order valence-electron chi connectivity index (χ0n) is 16.1. The van der Waals surface area contributed by atoms with Crippen LogP contribution in [0.4, 0.5) is 5.69 Å². The second-order valence-corrected chi connectivity index (χ2v) is 8.59. The number of hydrogen-bond donors (Lipinski definition) is 2. The molecule has 3 aliphatic rings. The van der Waals surface area contributed by atoms with E-state index in [0.29, 0.717) is 28.6 Å². The van der Waals surface area contributed by atoms with Crippen LogP contribution in [-0.4, -0.2) is 48.9 Å². The summed E-state index contributed by atoms with van der Waals surface area (Å²) in [6.07, 6.45) is 0.684. The predicted molar refractivity (Wildman–Crippen MR) is 104 cm³/mol. The Kier molecular flexibility index (Phi) is 4.72. The second-order valence-electron chi connectivity index (χ2n) is 8.16. The fourth-order valence-electron chi connectivity index (χ4n) is 4.95. The van der Waals surface area contributed by atoms with E-state index in [1.165, 1.54) is 12.0 Å². The van der Waals surface area contributed by atoms with Crippen molar-refractivity contribution in [3.05, 3.63) is 28.8 Å². The Labute approximate surface area is 168 Å². The van der Waals surface area contributed by atoms with Crippen LogP contribution in [0.2, 0.25) is 5.02 Å². The van der Waals surface area contributed by atoms with Gasteiger partial charge in [0.2, 0.25) is 17.7 Å². The molecule has 8 heteroatoms. The highest BCUT2D eigenvalue weighted by atomic mass is 35.5. The van der Waals surface area contributed by atoms with Crippen molar-refractivity contribution in [3.63, 3.8) is 0 Å². The van der Waals surface area contributed by atoms with Gasteiger partial charge in [-0.05, 0) is 30.5 Å². The van der Waals surface area contributed by atoms with E-state index in [1.54, 1.807) is 18.2 Å². The lowest BCUT2D eigenvalue weighted by Gasteiger charge is -2.30. The van der Waals surface area contributed by atoms with Crippen LogP contribution in [-0.2, 0) is 24.7 Å². The number of methoxy groups -OCH3 is 1. The molecular formula is C20H24ClN3O4. The van der Waals surface area contributed by atoms with Crippen molar-refractivity contribution < 1.29 is 19.1 Å². The summed E-state index contributed by atoms with van der Waals surface area (Å²) in [6, 6.07) is 4.88. The van der Waals surface area contributed by atoms with Crippen molar-refractivity contribution in [1.82, 2.24) is 10.2 Å². The topological polar surface area (TPSA) is 87.7 Å². The summed E-state index contributed by atoms with van der Waals surface area (Å²) in [6.45, 7) is 4.58. The Balaban J connectivity index is 1.84. The molecular weight excluding hydrogens is 382 g/mol. The maximum atomic E-state index is 13.3. The quantitative estimate of drug-likeness (QED) is 0.729. The normalized spacial score (nSPS) is 31.1. The van der Waals surface area contributed by atoms with Gasteiger partial charge in [-0.25, -0.2) is 0 Å². The molecule has 0 bridgehead atoms. The van der Waals surface area contributed by atoms with Crippen molar-refractivity contribution in [3.8, 4) is 0 Å². The lowest BCUT2D eigenvalue weighted by atomic mass is 9.76. The van der Waals surface area contributed by atoms with E-state index in [-0.39, 0.29) is 36.9 Å². The minimum Gasteiger partial charge on any atom is -0.383 e. The molecule has 1 spiro atoms. The number of halogens is 1. The molecule has 0 aliphatic carbocycles. The molecule has 7 nitrogen and oxygen atoms in total. The number of imide groups is 1. The largest absolute Gasteiger partial charge is 0.383 e. The van der Waals surface area contributed by atoms with Gasteiger partial charge >= 0.3 is 0 Å². The van der Waals surface area contributed by atoms with Crippen molar-refractivity contribution in [2.75, 3.05) is 25.6 Å². The maximum absolute atomic E-state index is 13.3. The number of nitrogens with one attached hydrogen (secondary N) is 2. The molecule has 0 radical (unpaired) electrons. The van der Waals surface area contributed by atoms with E-state index >= 15 is 0 Å². The van der Waals surface area contributed by atoms with Gasteiger partial charge in [-0.1, -0.05) is 25.4 Å². The van der Waals surface area contributed by atoms with Crippen LogP contribution in [0.1, 0.15) is 25.8 Å². The number of nitrogens with zero attached hydrogens (tertiary/aromatic N) is 1. The number of carbonyl (C=O) groups excluding carboxylic acids is 3. The van der Waals surface area contributed by atoms with Gasteiger partial charge in [0.25, 0.3) is 0 Å². The number of anilines is 1. The first kappa shape index (κ1) is 19.4. The number of amides is 3. The van der Waals surface area contributed by atoms with E-state index in [2.05, 4.69) is 24.5 Å². The molecule has 2 N–H and O–H groups in total. The van der Waals surface area contributed by atoms with Gasteiger partial charge < -0.3 is 10.1 Å². The Hall–Kier alpha value is -1.96. The molecule has 0 aromatic heterocycles. The van der Waals surface area contributed by atoms with Crippen LogP contribution in [0.3, 0.4) is 0 Å². The van der Waals surface area contributed by atoms with Gasteiger partial charge in [0.15, 0.2) is 0 Å². The van der Waals surface area contributed by atoms with Gasteiger partial charge in [0, 0.05) is 29.4 Å². The van der Waals surface area contributed by atoms with Crippen molar-refractivity contribution in [2.45, 2.75) is 31.8 Å². The van der Waals surface area contributed by atoms with Crippen molar-refractivity contribution in [2.24, 2.45) is 17.8 Å². The molecule has 2 unspecified atom stereocenters. The van der Waals surface area contributed by atoms with Gasteiger partial charge in [-0.15, -0.1) is 0 Å². The van der Waals surface area contributed by atoms with Gasteiger partial charge in [-0.3, -0.25) is 24.6 Å². The summed E-state index contributed by atoms with van der Waals surface area (Å²) in [5, 5.41) is 6.75. The lowest BCUT2D eigenvalue weighted by Crippen LogP contribution is -2.53. The zero-order valence-corrected chi connectivity index (χ0v) is 16.9. The highest BCUT2D eigenvalue weighted by Crippen LogP contribution is 2.54. The molecule has 2 saturated heterocycles. The molecule has 3 aliphatic heterocycles. The zero-order chi connectivity index (χ0) is 20.2. The van der Waals surface area contributed by atoms with E-state index in [0.717, 1.165) is 0 Å². The van der Waals surface area contributed by atoms with Crippen LogP contribution in [0.15, 0.2) is 18.2 Å². The summed E-state index contributed by atoms with van der Waals surface area (Å²) in [7, 11) is 1.53. The SMILES string of the molecule is COCCN1C(=O)[C@H]2C(CC(C)C)NC3(C(=O)Nc4ccc(Cl)cc43)[C@H]2C1=O. The van der Waals surface area contributed by atoms with Crippen LogP contribution in [0.25, 0.3) is 0 Å². The first-order valence-corrected chi connectivity index (χ1v) is 9.92. The monoisotopic (exact) mass is 405 g/mol. The Morgan fingerprint density at radius 2 is 2.00 bits per heavy atom. The third kappa shape index (κ3) is 2.60.